The van der Waals surface area contributed by atoms with Gasteiger partial charge in [-0.2, -0.15) is 0 Å². The Morgan fingerprint density at radius 1 is 1.58 bits per heavy atom. The molecule has 2 unspecified atom stereocenters. The Morgan fingerprint density at radius 2 is 2.33 bits per heavy atom. The summed E-state index contributed by atoms with van der Waals surface area (Å²) < 4.78 is 5.33. The van der Waals surface area contributed by atoms with E-state index in [-0.39, 0.29) is 6.10 Å². The highest BCUT2D eigenvalue weighted by molar-refractivity contribution is 7.10. The van der Waals surface area contributed by atoms with Gasteiger partial charge < -0.3 is 4.74 Å². The molecular weight excluding hydrogens is 172 g/mol. The van der Waals surface area contributed by atoms with Gasteiger partial charge in [0.2, 0.25) is 6.29 Å². The van der Waals surface area contributed by atoms with E-state index in [1.54, 1.807) is 24.5 Å². The minimum atomic E-state index is -0.443. The highest BCUT2D eigenvalue weighted by Gasteiger charge is 2.10. The third-order valence-corrected chi connectivity index (χ3v) is 2.55. The van der Waals surface area contributed by atoms with Crippen molar-refractivity contribution in [3.8, 4) is 0 Å². The van der Waals surface area contributed by atoms with Crippen molar-refractivity contribution in [1.29, 1.82) is 0 Å². The van der Waals surface area contributed by atoms with Crippen molar-refractivity contribution in [1.82, 2.24) is 0 Å². The standard InChI is InChI=1S/C9H11O2S/c1-7(6-10)11-8(2)9-4-3-5-12-9/h3-5,7-8H,1-2H3. The number of thiophene rings is 1. The number of hydrogen-bond acceptors (Lipinski definition) is 3. The molecule has 0 aliphatic heterocycles. The number of ether oxygens (including phenoxy) is 1. The quantitative estimate of drug-likeness (QED) is 0.716. The van der Waals surface area contributed by atoms with Crippen LogP contribution in [-0.4, -0.2) is 12.4 Å². The second-order valence-corrected chi connectivity index (χ2v) is 3.53. The minimum absolute atomic E-state index is 0.0125. The Hall–Kier alpha value is -0.670. The van der Waals surface area contributed by atoms with Crippen LogP contribution in [0.1, 0.15) is 24.8 Å². The maximum atomic E-state index is 10.2. The lowest BCUT2D eigenvalue weighted by molar-refractivity contribution is 0.0447. The first-order valence-corrected chi connectivity index (χ1v) is 4.68. The zero-order chi connectivity index (χ0) is 8.97. The normalized spacial score (nSPS) is 15.5. The van der Waals surface area contributed by atoms with E-state index in [0.717, 1.165) is 4.88 Å². The molecule has 0 aliphatic carbocycles. The molecule has 1 heterocycles. The van der Waals surface area contributed by atoms with E-state index in [4.69, 9.17) is 4.74 Å². The van der Waals surface area contributed by atoms with E-state index in [9.17, 15) is 4.79 Å². The number of hydrogen-bond donors (Lipinski definition) is 0. The molecule has 12 heavy (non-hydrogen) atoms. The molecule has 0 saturated carbocycles. The molecule has 1 aromatic heterocycles. The summed E-state index contributed by atoms with van der Waals surface area (Å²) in [5.41, 5.74) is 0. The Balaban J connectivity index is 2.49. The first kappa shape index (κ1) is 9.42. The molecule has 2 nitrogen and oxygen atoms in total. The third kappa shape index (κ3) is 2.43. The summed E-state index contributed by atoms with van der Waals surface area (Å²) in [6.07, 6.45) is 1.34. The van der Waals surface area contributed by atoms with Crippen molar-refractivity contribution < 1.29 is 9.53 Å². The van der Waals surface area contributed by atoms with Crippen molar-refractivity contribution in [2.75, 3.05) is 0 Å². The molecule has 0 fully saturated rings. The van der Waals surface area contributed by atoms with Crippen molar-refractivity contribution in [3.05, 3.63) is 22.4 Å². The second-order valence-electron chi connectivity index (χ2n) is 2.55. The highest BCUT2D eigenvalue weighted by atomic mass is 32.1. The predicted molar refractivity (Wildman–Crippen MR) is 49.0 cm³/mol. The Kier molecular flexibility index (Phi) is 3.44. The monoisotopic (exact) mass is 183 g/mol. The first-order chi connectivity index (χ1) is 5.74. The van der Waals surface area contributed by atoms with E-state index >= 15 is 0 Å². The van der Waals surface area contributed by atoms with Gasteiger partial charge in [-0.3, -0.25) is 4.79 Å². The van der Waals surface area contributed by atoms with Gasteiger partial charge in [-0.15, -0.1) is 11.3 Å². The van der Waals surface area contributed by atoms with Gasteiger partial charge in [-0.25, -0.2) is 0 Å². The van der Waals surface area contributed by atoms with E-state index in [1.165, 1.54) is 0 Å². The predicted octanol–water partition coefficient (Wildman–Crippen LogP) is 2.32. The van der Waals surface area contributed by atoms with Crippen LogP contribution in [0.25, 0.3) is 0 Å². The van der Waals surface area contributed by atoms with Crippen molar-refractivity contribution in [2.45, 2.75) is 26.1 Å². The van der Waals surface area contributed by atoms with Crippen LogP contribution in [-0.2, 0) is 9.53 Å². The van der Waals surface area contributed by atoms with Gasteiger partial charge in [-0.05, 0) is 25.3 Å². The van der Waals surface area contributed by atoms with Gasteiger partial charge >= 0.3 is 0 Å². The first-order valence-electron chi connectivity index (χ1n) is 3.80. The molecule has 0 N–H and O–H groups in total. The molecule has 0 spiro atoms. The summed E-state index contributed by atoms with van der Waals surface area (Å²) in [4.78, 5) is 11.3. The molecule has 3 heteroatoms. The summed E-state index contributed by atoms with van der Waals surface area (Å²) in [5, 5.41) is 1.99. The summed E-state index contributed by atoms with van der Waals surface area (Å²) in [7, 11) is 0. The topological polar surface area (TPSA) is 26.3 Å². The Bertz CT molecular complexity index is 231. The van der Waals surface area contributed by atoms with Crippen molar-refractivity contribution in [3.63, 3.8) is 0 Å². The van der Waals surface area contributed by atoms with Crippen molar-refractivity contribution in [2.24, 2.45) is 0 Å². The fourth-order valence-electron chi connectivity index (χ4n) is 0.924. The average Bonchev–Trinajstić information content (AvgIpc) is 2.56. The fraction of sp³-hybridized carbons (Fsp3) is 0.444. The van der Waals surface area contributed by atoms with Crippen LogP contribution in [0.2, 0.25) is 0 Å². The molecule has 0 aliphatic rings. The molecule has 1 rings (SSSR count). The average molecular weight is 183 g/mol. The molecule has 1 radical (unpaired) electrons. The zero-order valence-electron chi connectivity index (χ0n) is 7.11. The maximum Gasteiger partial charge on any atom is 0.229 e. The van der Waals surface area contributed by atoms with Gasteiger partial charge in [0.25, 0.3) is 0 Å². The summed E-state index contributed by atoms with van der Waals surface area (Å²) >= 11 is 1.63. The van der Waals surface area contributed by atoms with Gasteiger partial charge in [0.05, 0.1) is 6.10 Å². The molecule has 1 aromatic rings. The van der Waals surface area contributed by atoms with E-state index in [2.05, 4.69) is 0 Å². The van der Waals surface area contributed by atoms with E-state index < -0.39 is 6.10 Å². The fourth-order valence-corrected chi connectivity index (χ4v) is 1.64. The van der Waals surface area contributed by atoms with Gasteiger partial charge in [-0.1, -0.05) is 6.07 Å². The third-order valence-electron chi connectivity index (χ3n) is 1.52. The highest BCUT2D eigenvalue weighted by Crippen LogP contribution is 2.22. The van der Waals surface area contributed by atoms with Gasteiger partial charge in [0, 0.05) is 4.88 Å². The largest absolute Gasteiger partial charge is 0.362 e. The SMILES string of the molecule is CC([C]=O)OC(C)c1cccs1. The van der Waals surface area contributed by atoms with Gasteiger partial charge in [0.15, 0.2) is 0 Å². The van der Waals surface area contributed by atoms with Crippen LogP contribution in [0.15, 0.2) is 17.5 Å². The lowest BCUT2D eigenvalue weighted by Crippen LogP contribution is -2.11. The molecule has 0 saturated heterocycles. The second kappa shape index (κ2) is 4.38. The molecule has 2 atom stereocenters. The van der Waals surface area contributed by atoms with E-state index in [1.807, 2.05) is 24.4 Å². The number of rotatable bonds is 4. The zero-order valence-corrected chi connectivity index (χ0v) is 7.93. The van der Waals surface area contributed by atoms with Crippen LogP contribution >= 0.6 is 11.3 Å². The summed E-state index contributed by atoms with van der Waals surface area (Å²) in [5.74, 6) is 0. The van der Waals surface area contributed by atoms with Crippen LogP contribution in [0.3, 0.4) is 0 Å². The molecule has 0 bridgehead atoms. The lowest BCUT2D eigenvalue weighted by Gasteiger charge is -2.12. The Morgan fingerprint density at radius 3 is 2.83 bits per heavy atom. The molecule has 65 valence electrons. The van der Waals surface area contributed by atoms with Crippen LogP contribution in [0.5, 0.6) is 0 Å². The summed E-state index contributed by atoms with van der Waals surface area (Å²) in [6.45, 7) is 3.62. The summed E-state index contributed by atoms with van der Waals surface area (Å²) in [6, 6.07) is 3.96. The van der Waals surface area contributed by atoms with Gasteiger partial charge in [0.1, 0.15) is 6.10 Å². The van der Waals surface area contributed by atoms with Crippen LogP contribution in [0.4, 0.5) is 0 Å². The van der Waals surface area contributed by atoms with Crippen LogP contribution < -0.4 is 0 Å². The molecule has 0 aromatic carbocycles. The van der Waals surface area contributed by atoms with Crippen LogP contribution in [0, 0.1) is 0 Å². The maximum absolute atomic E-state index is 10.2. The molecule has 0 amide bonds. The molecular formula is C9H11O2S. The lowest BCUT2D eigenvalue weighted by atomic mass is 10.3. The minimum Gasteiger partial charge on any atom is -0.362 e. The smallest absolute Gasteiger partial charge is 0.229 e. The van der Waals surface area contributed by atoms with Crippen molar-refractivity contribution >= 4 is 17.6 Å². The number of carbonyl (C=O) groups excluding carboxylic acids is 1. The Labute approximate surface area is 76.2 Å². The van der Waals surface area contributed by atoms with E-state index in [0.29, 0.717) is 0 Å².